The molecule has 0 N–H and O–H groups in total. The van der Waals surface area contributed by atoms with Crippen LogP contribution in [0.15, 0.2) is 0 Å². The van der Waals surface area contributed by atoms with Crippen molar-refractivity contribution in [2.45, 2.75) is 0 Å². The summed E-state index contributed by atoms with van der Waals surface area (Å²) in [5, 5.41) is 0. The fourth-order valence-electron chi connectivity index (χ4n) is 1.92. The predicted molar refractivity (Wildman–Crippen MR) is 41.8 cm³/mol. The first kappa shape index (κ1) is 6.05. The Hall–Kier alpha value is 0.310. The molecule has 0 spiro atoms. The zero-order valence-corrected chi connectivity index (χ0v) is 6.66. The summed E-state index contributed by atoms with van der Waals surface area (Å²) >= 11 is 2.14. The molecule has 0 bridgehead atoms. The molecular weight excluding hydrogens is 130 g/mol. The van der Waals surface area contributed by atoms with E-state index in [-0.39, 0.29) is 0 Å². The van der Waals surface area contributed by atoms with Crippen molar-refractivity contribution in [2.75, 3.05) is 31.6 Å². The Labute approximate surface area is 60.8 Å². The average Bonchev–Trinajstić information content (AvgIpc) is 2.22. The van der Waals surface area contributed by atoms with Crippen LogP contribution in [0.25, 0.3) is 0 Å². The molecule has 2 fully saturated rings. The number of thioether (sulfide) groups is 1. The molecule has 0 aromatic heterocycles. The maximum absolute atomic E-state index is 2.47. The van der Waals surface area contributed by atoms with Gasteiger partial charge < -0.3 is 4.90 Å². The highest BCUT2D eigenvalue weighted by molar-refractivity contribution is 7.99. The van der Waals surface area contributed by atoms with Gasteiger partial charge in [-0.1, -0.05) is 0 Å². The second kappa shape index (κ2) is 2.17. The first-order valence-electron chi connectivity index (χ1n) is 3.62. The second-order valence-electron chi connectivity index (χ2n) is 3.28. The van der Waals surface area contributed by atoms with Gasteiger partial charge >= 0.3 is 0 Å². The number of hydrogen-bond donors (Lipinski definition) is 0. The standard InChI is InChI=1S/C7H13NS/c1-8-2-6-4-9-5-7(6)3-8/h6-7H,2-5H2,1H3. The van der Waals surface area contributed by atoms with Crippen LogP contribution in [0.3, 0.4) is 0 Å². The molecule has 0 amide bonds. The zero-order chi connectivity index (χ0) is 6.27. The first-order valence-corrected chi connectivity index (χ1v) is 4.78. The molecule has 0 aromatic rings. The molecule has 1 nitrogen and oxygen atoms in total. The van der Waals surface area contributed by atoms with Crippen LogP contribution >= 0.6 is 11.8 Å². The van der Waals surface area contributed by atoms with Crippen molar-refractivity contribution < 1.29 is 0 Å². The van der Waals surface area contributed by atoms with E-state index in [1.807, 2.05) is 0 Å². The van der Waals surface area contributed by atoms with E-state index < -0.39 is 0 Å². The summed E-state index contributed by atoms with van der Waals surface area (Å²) in [6, 6.07) is 0. The third-order valence-corrected chi connectivity index (χ3v) is 3.75. The van der Waals surface area contributed by atoms with Crippen LogP contribution in [-0.2, 0) is 0 Å². The monoisotopic (exact) mass is 143 g/mol. The summed E-state index contributed by atoms with van der Waals surface area (Å²) < 4.78 is 0. The molecule has 2 aliphatic rings. The van der Waals surface area contributed by atoms with Gasteiger partial charge in [-0.05, 0) is 30.4 Å². The van der Waals surface area contributed by atoms with Gasteiger partial charge in [0.25, 0.3) is 0 Å². The van der Waals surface area contributed by atoms with Crippen molar-refractivity contribution in [2.24, 2.45) is 11.8 Å². The molecule has 0 saturated carbocycles. The zero-order valence-electron chi connectivity index (χ0n) is 5.84. The molecule has 2 atom stereocenters. The maximum Gasteiger partial charge on any atom is 0.00181 e. The lowest BCUT2D eigenvalue weighted by Crippen LogP contribution is -2.15. The number of hydrogen-bond acceptors (Lipinski definition) is 2. The Morgan fingerprint density at radius 2 is 1.78 bits per heavy atom. The van der Waals surface area contributed by atoms with Gasteiger partial charge in [0.15, 0.2) is 0 Å². The molecule has 2 rings (SSSR count). The molecular formula is C7H13NS. The Morgan fingerprint density at radius 1 is 1.22 bits per heavy atom. The fraction of sp³-hybridized carbons (Fsp3) is 1.00. The van der Waals surface area contributed by atoms with Crippen LogP contribution in [-0.4, -0.2) is 36.5 Å². The minimum atomic E-state index is 1.04. The van der Waals surface area contributed by atoms with Crippen molar-refractivity contribution in [3.63, 3.8) is 0 Å². The highest BCUT2D eigenvalue weighted by Gasteiger charge is 2.34. The number of rotatable bonds is 0. The van der Waals surface area contributed by atoms with Crippen LogP contribution in [0.5, 0.6) is 0 Å². The quantitative estimate of drug-likeness (QED) is 0.496. The van der Waals surface area contributed by atoms with Crippen LogP contribution < -0.4 is 0 Å². The minimum Gasteiger partial charge on any atom is -0.306 e. The van der Waals surface area contributed by atoms with Gasteiger partial charge in [-0.15, -0.1) is 0 Å². The van der Waals surface area contributed by atoms with Crippen molar-refractivity contribution in [3.8, 4) is 0 Å². The van der Waals surface area contributed by atoms with Gasteiger partial charge in [0.2, 0.25) is 0 Å². The molecule has 0 aromatic carbocycles. The first-order chi connectivity index (χ1) is 4.36. The summed E-state index contributed by atoms with van der Waals surface area (Å²) in [5.41, 5.74) is 0. The fourth-order valence-corrected chi connectivity index (χ4v) is 3.42. The SMILES string of the molecule is CN1CC2CSCC2C1. The van der Waals surface area contributed by atoms with Gasteiger partial charge in [-0.25, -0.2) is 0 Å². The largest absolute Gasteiger partial charge is 0.306 e. The summed E-state index contributed by atoms with van der Waals surface area (Å²) in [5.74, 6) is 4.93. The highest BCUT2D eigenvalue weighted by atomic mass is 32.2. The summed E-state index contributed by atoms with van der Waals surface area (Å²) in [4.78, 5) is 2.47. The maximum atomic E-state index is 2.47. The van der Waals surface area contributed by atoms with E-state index in [1.165, 1.54) is 24.6 Å². The van der Waals surface area contributed by atoms with E-state index in [0.717, 1.165) is 11.8 Å². The van der Waals surface area contributed by atoms with Gasteiger partial charge in [0.05, 0.1) is 0 Å². The third kappa shape index (κ3) is 0.987. The summed E-state index contributed by atoms with van der Waals surface area (Å²) in [7, 11) is 2.24. The normalized spacial score (nSPS) is 43.7. The summed E-state index contributed by atoms with van der Waals surface area (Å²) in [6.45, 7) is 2.72. The van der Waals surface area contributed by atoms with E-state index in [4.69, 9.17) is 0 Å². The molecule has 0 radical (unpaired) electrons. The van der Waals surface area contributed by atoms with Crippen molar-refractivity contribution in [1.29, 1.82) is 0 Å². The lowest BCUT2D eigenvalue weighted by Gasteiger charge is -2.06. The lowest BCUT2D eigenvalue weighted by atomic mass is 10.0. The van der Waals surface area contributed by atoms with Gasteiger partial charge in [-0.3, -0.25) is 0 Å². The van der Waals surface area contributed by atoms with Crippen LogP contribution in [0.2, 0.25) is 0 Å². The molecule has 2 saturated heterocycles. The molecule has 2 heterocycles. The Morgan fingerprint density at radius 3 is 2.33 bits per heavy atom. The highest BCUT2D eigenvalue weighted by Crippen LogP contribution is 2.34. The number of nitrogens with zero attached hydrogens (tertiary/aromatic N) is 1. The minimum absolute atomic E-state index is 1.04. The average molecular weight is 143 g/mol. The molecule has 2 heteroatoms. The Balaban J connectivity index is 2.02. The molecule has 0 aliphatic carbocycles. The smallest absolute Gasteiger partial charge is 0.00181 e. The van der Waals surface area contributed by atoms with Gasteiger partial charge in [0.1, 0.15) is 0 Å². The Kier molecular flexibility index (Phi) is 1.46. The Bertz CT molecular complexity index is 103. The second-order valence-corrected chi connectivity index (χ2v) is 4.35. The van der Waals surface area contributed by atoms with E-state index in [0.29, 0.717) is 0 Å². The number of fused-ring (bicyclic) bond motifs is 1. The summed E-state index contributed by atoms with van der Waals surface area (Å²) in [6.07, 6.45) is 0. The lowest BCUT2D eigenvalue weighted by molar-refractivity contribution is 0.398. The van der Waals surface area contributed by atoms with E-state index in [1.54, 1.807) is 0 Å². The van der Waals surface area contributed by atoms with Gasteiger partial charge in [-0.2, -0.15) is 11.8 Å². The molecule has 9 heavy (non-hydrogen) atoms. The van der Waals surface area contributed by atoms with Crippen LogP contribution in [0.4, 0.5) is 0 Å². The van der Waals surface area contributed by atoms with E-state index in [2.05, 4.69) is 23.7 Å². The molecule has 2 unspecified atom stereocenters. The topological polar surface area (TPSA) is 3.24 Å². The van der Waals surface area contributed by atoms with Crippen LogP contribution in [0, 0.1) is 11.8 Å². The van der Waals surface area contributed by atoms with Crippen molar-refractivity contribution in [1.82, 2.24) is 4.90 Å². The van der Waals surface area contributed by atoms with Crippen molar-refractivity contribution in [3.05, 3.63) is 0 Å². The van der Waals surface area contributed by atoms with Crippen LogP contribution in [0.1, 0.15) is 0 Å². The molecule has 52 valence electrons. The van der Waals surface area contributed by atoms with E-state index in [9.17, 15) is 0 Å². The van der Waals surface area contributed by atoms with Crippen molar-refractivity contribution >= 4 is 11.8 Å². The predicted octanol–water partition coefficient (Wildman–Crippen LogP) is 0.911. The molecule has 2 aliphatic heterocycles. The number of likely N-dealkylation sites (tertiary alicyclic amines) is 1. The third-order valence-electron chi connectivity index (χ3n) is 2.42. The van der Waals surface area contributed by atoms with E-state index >= 15 is 0 Å². The van der Waals surface area contributed by atoms with Gasteiger partial charge in [0, 0.05) is 13.1 Å².